The van der Waals surface area contributed by atoms with Crippen LogP contribution in [-0.4, -0.2) is 80.1 Å². The summed E-state index contributed by atoms with van der Waals surface area (Å²) in [5.41, 5.74) is 0. The summed E-state index contributed by atoms with van der Waals surface area (Å²) >= 11 is 0. The molecule has 0 saturated carbocycles. The average molecular weight is 198 g/mol. The summed E-state index contributed by atoms with van der Waals surface area (Å²) in [6.45, 7) is 0. The minimum absolute atomic E-state index is 0. The minimum Gasteiger partial charge on any atom is -1.00 e. The van der Waals surface area contributed by atoms with E-state index in [1.54, 1.807) is 0 Å². The van der Waals surface area contributed by atoms with Crippen LogP contribution >= 0.6 is 0 Å². The molecule has 0 aromatic carbocycles. The summed E-state index contributed by atoms with van der Waals surface area (Å²) in [4.78, 5) is 0. The van der Waals surface area contributed by atoms with Gasteiger partial charge in [0.25, 0.3) is 0 Å². The zero-order valence-electron chi connectivity index (χ0n) is 3.78. The molecule has 4 heteroatoms. The smallest absolute Gasteiger partial charge is 1.00 e. The Morgan fingerprint density at radius 3 is 1.25 bits per heavy atom. The normalized spacial score (nSPS) is 0. The molecule has 0 aromatic rings. The predicted molar refractivity (Wildman–Crippen MR) is 27.3 cm³/mol. The molecule has 0 aliphatic heterocycles. The van der Waals surface area contributed by atoms with E-state index in [2.05, 4.69) is 0 Å². The third kappa shape index (κ3) is 8.92. The van der Waals surface area contributed by atoms with E-state index >= 15 is 0 Å². The van der Waals surface area contributed by atoms with Crippen LogP contribution in [0, 0.1) is 0 Å². The second kappa shape index (κ2) is 19.3. The van der Waals surface area contributed by atoms with Crippen LogP contribution in [0.2, 0.25) is 0 Å². The van der Waals surface area contributed by atoms with Crippen LogP contribution in [0.15, 0.2) is 0 Å². The fourth-order valence-electron chi connectivity index (χ4n) is 0. The molecule has 0 spiro atoms. The van der Waals surface area contributed by atoms with Crippen molar-refractivity contribution in [2.45, 2.75) is 0 Å². The molecule has 0 rings (SSSR count). The molecule has 0 aliphatic rings. The first-order chi connectivity index (χ1) is 0. The maximum atomic E-state index is 0. The first-order valence-electron chi connectivity index (χ1n) is 0. The Balaban J connectivity index is 0. The molecule has 0 bridgehead atoms. The molecule has 2 N–H and O–H groups in total. The van der Waals surface area contributed by atoms with Gasteiger partial charge in [-0.15, -0.1) is 0 Å². The zero-order valence-corrected chi connectivity index (χ0v) is 6.23. The van der Waals surface area contributed by atoms with Crippen LogP contribution in [0.1, 0.15) is 2.85 Å². The van der Waals surface area contributed by atoms with Gasteiger partial charge in [0.15, 0.2) is 17.4 Å². The molecular formula is H7AlBBaO. The summed E-state index contributed by atoms with van der Waals surface area (Å²) in [6.07, 6.45) is 0. The van der Waals surface area contributed by atoms with Gasteiger partial charge in [0.2, 0.25) is 0 Å². The molecule has 0 heterocycles. The Bertz CT molecular complexity index is 13.5. The molecule has 21 valence electrons. The van der Waals surface area contributed by atoms with E-state index in [4.69, 9.17) is 0 Å². The fraction of sp³-hybridized carbons (Fsp3) is 0. The maximum absolute atomic E-state index is 0. The van der Waals surface area contributed by atoms with Crippen LogP contribution in [0.5, 0.6) is 0 Å². The van der Waals surface area contributed by atoms with Crippen LogP contribution in [-0.2, 0) is 0 Å². The molecule has 3 radical (unpaired) electrons. The Kier molecular flexibility index (Phi) is 172. The summed E-state index contributed by atoms with van der Waals surface area (Å²) in [6, 6.07) is 0. The van der Waals surface area contributed by atoms with Crippen molar-refractivity contribution >= 4 is 74.7 Å². The van der Waals surface area contributed by atoms with Crippen molar-refractivity contribution in [2.75, 3.05) is 0 Å². The Hall–Kier alpha value is 2.13. The first-order valence-corrected chi connectivity index (χ1v) is 0. The van der Waals surface area contributed by atoms with E-state index in [0.717, 1.165) is 0 Å². The standard InChI is InChI=1S/Al.B.Ba.H2O.5H/h;;;1H2;;;;;/q;;+2;;;;;2*-1. The van der Waals surface area contributed by atoms with Crippen molar-refractivity contribution in [3.63, 3.8) is 0 Å². The van der Waals surface area contributed by atoms with E-state index in [1.807, 2.05) is 0 Å². The second-order valence-corrected chi connectivity index (χ2v) is 0. The number of hydrogen-bond donors (Lipinski definition) is 0. The monoisotopic (exact) mass is 199 g/mol. The first kappa shape index (κ1) is 35.6. The summed E-state index contributed by atoms with van der Waals surface area (Å²) in [5, 5.41) is 0. The van der Waals surface area contributed by atoms with E-state index in [1.165, 1.54) is 0 Å². The van der Waals surface area contributed by atoms with Crippen LogP contribution in [0.25, 0.3) is 0 Å². The number of rotatable bonds is 0. The van der Waals surface area contributed by atoms with E-state index in [-0.39, 0.29) is 83.0 Å². The molecule has 0 aromatic heterocycles. The van der Waals surface area contributed by atoms with Crippen molar-refractivity contribution in [3.05, 3.63) is 0 Å². The SMILES string of the molecule is O.[AlH3].[B].[Ba+2].[H-].[H-]. The van der Waals surface area contributed by atoms with Gasteiger partial charge in [-0.25, -0.2) is 0 Å². The largest absolute Gasteiger partial charge is 2.00 e. The van der Waals surface area contributed by atoms with Gasteiger partial charge >= 0.3 is 48.9 Å². The van der Waals surface area contributed by atoms with Crippen LogP contribution < -0.4 is 0 Å². The Morgan fingerprint density at radius 1 is 1.25 bits per heavy atom. The number of hydrogen-bond acceptors (Lipinski definition) is 0. The molecule has 0 atom stereocenters. The molecular weight excluding hydrogens is 191 g/mol. The topological polar surface area (TPSA) is 31.5 Å². The summed E-state index contributed by atoms with van der Waals surface area (Å²) in [5.74, 6) is 0. The van der Waals surface area contributed by atoms with Gasteiger partial charge in [-0.3, -0.25) is 0 Å². The van der Waals surface area contributed by atoms with Crippen molar-refractivity contribution in [1.82, 2.24) is 0 Å². The molecule has 0 aliphatic carbocycles. The maximum Gasteiger partial charge on any atom is 2.00 e. The van der Waals surface area contributed by atoms with Gasteiger partial charge in [-0.1, -0.05) is 0 Å². The van der Waals surface area contributed by atoms with E-state index in [9.17, 15) is 0 Å². The van der Waals surface area contributed by atoms with Gasteiger partial charge in [-0.05, 0) is 0 Å². The molecule has 0 saturated heterocycles. The van der Waals surface area contributed by atoms with Gasteiger partial charge < -0.3 is 8.33 Å². The van der Waals surface area contributed by atoms with Crippen molar-refractivity contribution < 1.29 is 8.33 Å². The minimum atomic E-state index is 0. The quantitative estimate of drug-likeness (QED) is 0.384. The molecule has 1 nitrogen and oxygen atoms in total. The van der Waals surface area contributed by atoms with Crippen molar-refractivity contribution in [2.24, 2.45) is 0 Å². The van der Waals surface area contributed by atoms with Crippen LogP contribution in [0.3, 0.4) is 0 Å². The third-order valence-corrected chi connectivity index (χ3v) is 0. The van der Waals surface area contributed by atoms with E-state index in [0.29, 0.717) is 0 Å². The van der Waals surface area contributed by atoms with Crippen molar-refractivity contribution in [1.29, 1.82) is 0 Å². The van der Waals surface area contributed by atoms with E-state index < -0.39 is 0 Å². The van der Waals surface area contributed by atoms with Gasteiger partial charge in [0.05, 0.1) is 0 Å². The molecule has 4 heavy (non-hydrogen) atoms. The molecule has 0 fully saturated rings. The summed E-state index contributed by atoms with van der Waals surface area (Å²) < 4.78 is 0. The Labute approximate surface area is 81.6 Å². The Morgan fingerprint density at radius 2 is 1.25 bits per heavy atom. The predicted octanol–water partition coefficient (Wildman–Crippen LogP) is -2.55. The second-order valence-electron chi connectivity index (χ2n) is 0. The van der Waals surface area contributed by atoms with Crippen molar-refractivity contribution in [3.8, 4) is 0 Å². The van der Waals surface area contributed by atoms with Gasteiger partial charge in [0, 0.05) is 8.41 Å². The average Bonchev–Trinajstić information content (AvgIpc) is 0. The fourth-order valence-corrected chi connectivity index (χ4v) is 0. The molecule has 0 unspecified atom stereocenters. The summed E-state index contributed by atoms with van der Waals surface area (Å²) in [7, 11) is 0. The van der Waals surface area contributed by atoms with Gasteiger partial charge in [-0.2, -0.15) is 0 Å². The van der Waals surface area contributed by atoms with Crippen LogP contribution in [0.4, 0.5) is 0 Å². The molecule has 0 amide bonds. The van der Waals surface area contributed by atoms with Gasteiger partial charge in [0.1, 0.15) is 0 Å². The third-order valence-electron chi connectivity index (χ3n) is 0. The zero-order chi connectivity index (χ0) is 0.